The van der Waals surface area contributed by atoms with Crippen LogP contribution < -0.4 is 11.2 Å². The normalized spacial score (nSPS) is 15.2. The molecule has 2 N–H and O–H groups in total. The van der Waals surface area contributed by atoms with Crippen LogP contribution in [0.4, 0.5) is 0 Å². The first kappa shape index (κ1) is 18.3. The number of piperidine rings is 1. The number of benzene rings is 1. The van der Waals surface area contributed by atoms with Gasteiger partial charge in [-0.3, -0.25) is 19.6 Å². The molecule has 0 aliphatic carbocycles. The van der Waals surface area contributed by atoms with Gasteiger partial charge >= 0.3 is 5.69 Å². The van der Waals surface area contributed by atoms with E-state index in [0.29, 0.717) is 24.5 Å². The lowest BCUT2D eigenvalue weighted by Crippen LogP contribution is -2.38. The Morgan fingerprint density at radius 1 is 1.20 bits per heavy atom. The number of aryl methyl sites for hydroxylation is 1. The fourth-order valence-corrected chi connectivity index (χ4v) is 3.95. The average Bonchev–Trinajstić information content (AvgIpc) is 3.19. The summed E-state index contributed by atoms with van der Waals surface area (Å²) in [6.45, 7) is 3.11. The molecule has 4 aromatic rings. The highest BCUT2D eigenvalue weighted by Crippen LogP contribution is 2.31. The van der Waals surface area contributed by atoms with E-state index in [-0.39, 0.29) is 22.9 Å². The minimum Gasteiger partial charge on any atom is -0.440 e. The summed E-state index contributed by atoms with van der Waals surface area (Å²) in [6.07, 6.45) is 2.87. The van der Waals surface area contributed by atoms with Crippen LogP contribution in [0.1, 0.15) is 40.6 Å². The maximum Gasteiger partial charge on any atom is 0.327 e. The van der Waals surface area contributed by atoms with Crippen molar-refractivity contribution in [2.45, 2.75) is 25.7 Å². The third-order valence-corrected chi connectivity index (χ3v) is 5.60. The second-order valence-corrected chi connectivity index (χ2v) is 7.57. The average molecular weight is 405 g/mol. The maximum atomic E-state index is 12.9. The quantitative estimate of drug-likeness (QED) is 0.526. The number of carbonyl (C=O) groups excluding carboxylic acids is 1. The fourth-order valence-electron chi connectivity index (χ4n) is 3.95. The first-order valence-electron chi connectivity index (χ1n) is 9.77. The van der Waals surface area contributed by atoms with Crippen molar-refractivity contribution >= 4 is 28.0 Å². The summed E-state index contributed by atoms with van der Waals surface area (Å²) in [5.74, 6) is 0.680. The number of para-hydroxylation sites is 1. The molecule has 9 nitrogen and oxygen atoms in total. The van der Waals surface area contributed by atoms with Gasteiger partial charge in [0.25, 0.3) is 11.5 Å². The lowest BCUT2D eigenvalue weighted by atomic mass is 9.96. The van der Waals surface area contributed by atoms with E-state index in [1.54, 1.807) is 4.90 Å². The number of pyridine rings is 1. The number of carbonyl (C=O) groups is 1. The molecule has 3 aromatic heterocycles. The monoisotopic (exact) mass is 405 g/mol. The first-order chi connectivity index (χ1) is 14.5. The highest BCUT2D eigenvalue weighted by atomic mass is 16.3. The SMILES string of the molecule is Cc1cccc2nc(C3CCN(C(=O)c4cnc5[nH]c(=O)[nH]c(=O)c5c4)CC3)oc12. The molecule has 0 bridgehead atoms. The highest BCUT2D eigenvalue weighted by molar-refractivity contribution is 5.96. The van der Waals surface area contributed by atoms with Gasteiger partial charge in [-0.05, 0) is 37.5 Å². The topological polar surface area (TPSA) is 125 Å². The second kappa shape index (κ2) is 6.94. The molecule has 0 saturated carbocycles. The number of amides is 1. The van der Waals surface area contributed by atoms with Crippen molar-refractivity contribution in [1.82, 2.24) is 24.8 Å². The Balaban J connectivity index is 1.34. The maximum absolute atomic E-state index is 12.9. The molecule has 30 heavy (non-hydrogen) atoms. The van der Waals surface area contributed by atoms with Crippen molar-refractivity contribution in [3.05, 3.63) is 68.3 Å². The summed E-state index contributed by atoms with van der Waals surface area (Å²) in [6, 6.07) is 7.37. The molecule has 0 spiro atoms. The zero-order valence-corrected chi connectivity index (χ0v) is 16.3. The minimum atomic E-state index is -0.629. The van der Waals surface area contributed by atoms with Gasteiger partial charge in [-0.15, -0.1) is 0 Å². The van der Waals surface area contributed by atoms with E-state index in [2.05, 4.69) is 19.9 Å². The van der Waals surface area contributed by atoms with Gasteiger partial charge in [-0.1, -0.05) is 12.1 Å². The lowest BCUT2D eigenvalue weighted by molar-refractivity contribution is 0.0706. The van der Waals surface area contributed by atoms with Crippen LogP contribution in [0, 0.1) is 6.92 Å². The Morgan fingerprint density at radius 3 is 2.77 bits per heavy atom. The molecular formula is C21H19N5O4. The van der Waals surface area contributed by atoms with Crippen molar-refractivity contribution in [3.63, 3.8) is 0 Å². The summed E-state index contributed by atoms with van der Waals surface area (Å²) in [4.78, 5) is 51.3. The first-order valence-corrected chi connectivity index (χ1v) is 9.77. The summed E-state index contributed by atoms with van der Waals surface area (Å²) < 4.78 is 6.00. The summed E-state index contributed by atoms with van der Waals surface area (Å²) in [5.41, 5.74) is 2.00. The van der Waals surface area contributed by atoms with Crippen molar-refractivity contribution in [1.29, 1.82) is 0 Å². The zero-order valence-electron chi connectivity index (χ0n) is 16.3. The number of nitrogens with zero attached hydrogens (tertiary/aromatic N) is 3. The van der Waals surface area contributed by atoms with Crippen molar-refractivity contribution in [3.8, 4) is 0 Å². The standard InChI is InChI=1S/C21H19N5O4/c1-11-3-2-4-15-16(11)30-19(23-15)12-5-7-26(8-6-12)20(28)13-9-14-17(22-10-13)24-21(29)25-18(14)27/h2-4,9-10,12H,5-8H2,1H3,(H2,22,24,25,27,29). The molecule has 152 valence electrons. The van der Waals surface area contributed by atoms with E-state index in [4.69, 9.17) is 4.42 Å². The van der Waals surface area contributed by atoms with E-state index in [1.165, 1.54) is 12.3 Å². The molecule has 1 aromatic carbocycles. The molecule has 1 saturated heterocycles. The molecule has 0 radical (unpaired) electrons. The van der Waals surface area contributed by atoms with E-state index < -0.39 is 11.2 Å². The third-order valence-electron chi connectivity index (χ3n) is 5.60. The third kappa shape index (κ3) is 3.08. The number of H-pyrrole nitrogens is 2. The van der Waals surface area contributed by atoms with Crippen LogP contribution in [0.2, 0.25) is 0 Å². The number of hydrogen-bond donors (Lipinski definition) is 2. The number of fused-ring (bicyclic) bond motifs is 2. The van der Waals surface area contributed by atoms with Gasteiger partial charge in [0.15, 0.2) is 11.5 Å². The largest absolute Gasteiger partial charge is 0.440 e. The van der Waals surface area contributed by atoms with Crippen LogP contribution >= 0.6 is 0 Å². The van der Waals surface area contributed by atoms with E-state index in [0.717, 1.165) is 29.5 Å². The van der Waals surface area contributed by atoms with Crippen LogP contribution in [0.25, 0.3) is 22.1 Å². The molecule has 0 atom stereocenters. The van der Waals surface area contributed by atoms with Crippen LogP contribution in [-0.2, 0) is 0 Å². The number of aromatic amines is 2. The Morgan fingerprint density at radius 2 is 2.00 bits per heavy atom. The number of oxazole rings is 1. The van der Waals surface area contributed by atoms with Crippen molar-refractivity contribution < 1.29 is 9.21 Å². The van der Waals surface area contributed by atoms with Gasteiger partial charge < -0.3 is 9.32 Å². The van der Waals surface area contributed by atoms with Crippen LogP contribution in [0.15, 0.2) is 44.5 Å². The van der Waals surface area contributed by atoms with Gasteiger partial charge in [-0.2, -0.15) is 0 Å². The molecule has 1 fully saturated rings. The molecule has 1 aliphatic rings. The molecule has 1 amide bonds. The summed E-state index contributed by atoms with van der Waals surface area (Å²) >= 11 is 0. The molecule has 9 heteroatoms. The zero-order chi connectivity index (χ0) is 20.8. The van der Waals surface area contributed by atoms with Crippen LogP contribution in [0.5, 0.6) is 0 Å². The van der Waals surface area contributed by atoms with Crippen LogP contribution in [-0.4, -0.2) is 43.8 Å². The molecule has 4 heterocycles. The van der Waals surface area contributed by atoms with Gasteiger partial charge in [0.05, 0.1) is 10.9 Å². The minimum absolute atomic E-state index is 0.156. The Kier molecular flexibility index (Phi) is 4.23. The molecule has 1 aliphatic heterocycles. The second-order valence-electron chi connectivity index (χ2n) is 7.57. The summed E-state index contributed by atoms with van der Waals surface area (Å²) in [5, 5.41) is 0.178. The predicted octanol–water partition coefficient (Wildman–Crippen LogP) is 2.08. The Bertz CT molecular complexity index is 1390. The Labute approximate surface area is 169 Å². The van der Waals surface area contributed by atoms with E-state index >= 15 is 0 Å². The molecular weight excluding hydrogens is 386 g/mol. The molecule has 5 rings (SSSR count). The van der Waals surface area contributed by atoms with E-state index in [9.17, 15) is 14.4 Å². The summed E-state index contributed by atoms with van der Waals surface area (Å²) in [7, 11) is 0. The van der Waals surface area contributed by atoms with Crippen LogP contribution in [0.3, 0.4) is 0 Å². The number of hydrogen-bond acceptors (Lipinski definition) is 6. The van der Waals surface area contributed by atoms with E-state index in [1.807, 2.05) is 25.1 Å². The number of rotatable bonds is 2. The molecule has 0 unspecified atom stereocenters. The van der Waals surface area contributed by atoms with Gasteiger partial charge in [0, 0.05) is 25.2 Å². The predicted molar refractivity (Wildman–Crippen MR) is 110 cm³/mol. The van der Waals surface area contributed by atoms with Gasteiger partial charge in [0.2, 0.25) is 0 Å². The Hall–Kier alpha value is -3.75. The fraction of sp³-hybridized carbons (Fsp3) is 0.286. The van der Waals surface area contributed by atoms with Gasteiger partial charge in [0.1, 0.15) is 11.2 Å². The lowest BCUT2D eigenvalue weighted by Gasteiger charge is -2.30. The number of aromatic nitrogens is 4. The van der Waals surface area contributed by atoms with Gasteiger partial charge in [-0.25, -0.2) is 14.8 Å². The van der Waals surface area contributed by atoms with Crippen molar-refractivity contribution in [2.24, 2.45) is 0 Å². The number of likely N-dealkylation sites (tertiary alicyclic amines) is 1. The van der Waals surface area contributed by atoms with Crippen molar-refractivity contribution in [2.75, 3.05) is 13.1 Å². The number of nitrogens with one attached hydrogen (secondary N) is 2. The smallest absolute Gasteiger partial charge is 0.327 e. The highest BCUT2D eigenvalue weighted by Gasteiger charge is 2.28.